The molecule has 1 aliphatic rings. The van der Waals surface area contributed by atoms with E-state index in [-0.39, 0.29) is 0 Å². The molecular weight excluding hydrogens is 186 g/mol. The fourth-order valence-corrected chi connectivity index (χ4v) is 1.71. The van der Waals surface area contributed by atoms with Gasteiger partial charge in [0.1, 0.15) is 0 Å². The Kier molecular flexibility index (Phi) is 2.23. The zero-order valence-corrected chi connectivity index (χ0v) is 7.92. The fraction of sp³-hybridized carbons (Fsp3) is 0.300. The second-order valence-corrected chi connectivity index (χ2v) is 3.63. The van der Waals surface area contributed by atoms with Gasteiger partial charge in [0.25, 0.3) is 0 Å². The highest BCUT2D eigenvalue weighted by molar-refractivity contribution is 6.30. The maximum Gasteiger partial charge on any atom is 0.153 e. The number of nitrogens with zero attached hydrogens (tertiary/aromatic N) is 1. The van der Waals surface area contributed by atoms with Crippen LogP contribution in [0.3, 0.4) is 0 Å². The molecule has 0 radical (unpaired) electrons. The molecule has 1 aromatic rings. The number of ketones is 1. The smallest absolute Gasteiger partial charge is 0.153 e. The van der Waals surface area contributed by atoms with Crippen LogP contribution in [0.5, 0.6) is 0 Å². The summed E-state index contributed by atoms with van der Waals surface area (Å²) in [6.07, 6.45) is 0.659. The molecule has 3 heteroatoms. The van der Waals surface area contributed by atoms with Crippen molar-refractivity contribution < 1.29 is 4.79 Å². The molecule has 0 unspecified atom stereocenters. The Morgan fingerprint density at radius 3 is 2.85 bits per heavy atom. The highest BCUT2D eigenvalue weighted by Crippen LogP contribution is 2.21. The minimum absolute atomic E-state index is 0.306. The fourth-order valence-electron chi connectivity index (χ4n) is 1.52. The third-order valence-corrected chi connectivity index (χ3v) is 2.44. The first-order valence-corrected chi connectivity index (χ1v) is 4.66. The second-order valence-electron chi connectivity index (χ2n) is 3.19. The largest absolute Gasteiger partial charge is 0.364 e. The molecule has 13 heavy (non-hydrogen) atoms. The Morgan fingerprint density at radius 1 is 1.38 bits per heavy atom. The second kappa shape index (κ2) is 3.38. The van der Waals surface area contributed by atoms with Crippen LogP contribution in [0.2, 0.25) is 5.02 Å². The predicted octanol–water partition coefficient (Wildman–Crippen LogP) is 2.12. The van der Waals surface area contributed by atoms with E-state index in [9.17, 15) is 4.79 Å². The molecule has 1 aromatic carbocycles. The van der Waals surface area contributed by atoms with Crippen LogP contribution in [-0.4, -0.2) is 18.9 Å². The molecule has 1 heterocycles. The molecule has 1 fully saturated rings. The summed E-state index contributed by atoms with van der Waals surface area (Å²) < 4.78 is 0. The highest BCUT2D eigenvalue weighted by atomic mass is 35.5. The number of anilines is 1. The number of benzene rings is 1. The standard InChI is InChI=1S/C10H10ClNO/c11-8-2-1-3-9(6-8)12-5-4-10(13)7-12/h1-3,6H,4-5,7H2. The van der Waals surface area contributed by atoms with Gasteiger partial charge in [-0.15, -0.1) is 0 Å². The van der Waals surface area contributed by atoms with Crippen LogP contribution >= 0.6 is 11.6 Å². The predicted molar refractivity (Wildman–Crippen MR) is 53.3 cm³/mol. The molecule has 2 nitrogen and oxygen atoms in total. The summed E-state index contributed by atoms with van der Waals surface area (Å²) in [5.41, 5.74) is 1.04. The highest BCUT2D eigenvalue weighted by Gasteiger charge is 2.19. The van der Waals surface area contributed by atoms with E-state index in [0.717, 1.165) is 17.3 Å². The van der Waals surface area contributed by atoms with Gasteiger partial charge in [-0.25, -0.2) is 0 Å². The third-order valence-electron chi connectivity index (χ3n) is 2.20. The lowest BCUT2D eigenvalue weighted by Gasteiger charge is -2.16. The average Bonchev–Trinajstić information content (AvgIpc) is 2.52. The van der Waals surface area contributed by atoms with Crippen LogP contribution in [0.25, 0.3) is 0 Å². The lowest BCUT2D eigenvalue weighted by Crippen LogP contribution is -2.19. The molecule has 0 amide bonds. The monoisotopic (exact) mass is 195 g/mol. The Bertz CT molecular complexity index is 337. The average molecular weight is 196 g/mol. The maximum atomic E-state index is 11.0. The molecule has 0 saturated carbocycles. The number of hydrogen-bond acceptors (Lipinski definition) is 2. The first-order chi connectivity index (χ1) is 6.25. The number of halogens is 1. The number of rotatable bonds is 1. The lowest BCUT2D eigenvalue weighted by atomic mass is 10.3. The Labute approximate surface area is 82.1 Å². The van der Waals surface area contributed by atoms with Crippen molar-refractivity contribution in [2.75, 3.05) is 18.0 Å². The zero-order valence-electron chi connectivity index (χ0n) is 7.16. The van der Waals surface area contributed by atoms with Gasteiger partial charge in [-0.2, -0.15) is 0 Å². The maximum absolute atomic E-state index is 11.0. The van der Waals surface area contributed by atoms with E-state index >= 15 is 0 Å². The van der Waals surface area contributed by atoms with Crippen molar-refractivity contribution in [2.24, 2.45) is 0 Å². The summed E-state index contributed by atoms with van der Waals surface area (Å²) in [4.78, 5) is 13.1. The van der Waals surface area contributed by atoms with Crippen LogP contribution in [0, 0.1) is 0 Å². The molecule has 0 bridgehead atoms. The van der Waals surface area contributed by atoms with E-state index in [4.69, 9.17) is 11.6 Å². The van der Waals surface area contributed by atoms with Gasteiger partial charge in [-0.05, 0) is 18.2 Å². The minimum atomic E-state index is 0.306. The van der Waals surface area contributed by atoms with Gasteiger partial charge in [0.05, 0.1) is 6.54 Å². The molecule has 1 saturated heterocycles. The van der Waals surface area contributed by atoms with Gasteiger partial charge in [0.2, 0.25) is 0 Å². The van der Waals surface area contributed by atoms with Crippen molar-refractivity contribution in [3.05, 3.63) is 29.3 Å². The molecule has 0 atom stereocenters. The molecule has 1 aliphatic heterocycles. The Morgan fingerprint density at radius 2 is 2.23 bits per heavy atom. The van der Waals surface area contributed by atoms with Gasteiger partial charge >= 0.3 is 0 Å². The quantitative estimate of drug-likeness (QED) is 0.684. The molecular formula is C10H10ClNO. The van der Waals surface area contributed by atoms with Crippen molar-refractivity contribution in [2.45, 2.75) is 6.42 Å². The van der Waals surface area contributed by atoms with E-state index in [1.165, 1.54) is 0 Å². The van der Waals surface area contributed by atoms with Gasteiger partial charge < -0.3 is 4.90 Å². The van der Waals surface area contributed by atoms with Crippen molar-refractivity contribution >= 4 is 23.1 Å². The number of carbonyl (C=O) groups excluding carboxylic acids is 1. The van der Waals surface area contributed by atoms with Crippen molar-refractivity contribution in [3.63, 3.8) is 0 Å². The van der Waals surface area contributed by atoms with E-state index in [2.05, 4.69) is 0 Å². The van der Waals surface area contributed by atoms with Gasteiger partial charge in [-0.3, -0.25) is 4.79 Å². The zero-order chi connectivity index (χ0) is 9.26. The molecule has 0 aliphatic carbocycles. The molecule has 68 valence electrons. The van der Waals surface area contributed by atoms with E-state index in [0.29, 0.717) is 18.7 Å². The van der Waals surface area contributed by atoms with Gasteiger partial charge in [0, 0.05) is 23.7 Å². The van der Waals surface area contributed by atoms with E-state index in [1.807, 2.05) is 29.2 Å². The van der Waals surface area contributed by atoms with E-state index in [1.54, 1.807) is 0 Å². The molecule has 0 N–H and O–H groups in total. The van der Waals surface area contributed by atoms with Crippen LogP contribution in [0.1, 0.15) is 6.42 Å². The van der Waals surface area contributed by atoms with Crippen molar-refractivity contribution in [1.82, 2.24) is 0 Å². The molecule has 0 aromatic heterocycles. The van der Waals surface area contributed by atoms with Crippen LogP contribution in [0.15, 0.2) is 24.3 Å². The lowest BCUT2D eigenvalue weighted by molar-refractivity contribution is -0.116. The van der Waals surface area contributed by atoms with Crippen molar-refractivity contribution in [3.8, 4) is 0 Å². The topological polar surface area (TPSA) is 20.3 Å². The van der Waals surface area contributed by atoms with Crippen LogP contribution in [0.4, 0.5) is 5.69 Å². The number of hydrogen-bond donors (Lipinski definition) is 0. The first kappa shape index (κ1) is 8.57. The summed E-state index contributed by atoms with van der Waals surface area (Å²) >= 11 is 5.85. The van der Waals surface area contributed by atoms with E-state index < -0.39 is 0 Å². The summed E-state index contributed by atoms with van der Waals surface area (Å²) in [5, 5.41) is 0.719. The number of Topliss-reactive ketones (excluding diaryl/α,β-unsaturated/α-hetero) is 1. The third kappa shape index (κ3) is 1.83. The summed E-state index contributed by atoms with van der Waals surface area (Å²) in [7, 11) is 0. The summed E-state index contributed by atoms with van der Waals surface area (Å²) in [5.74, 6) is 0.306. The molecule has 2 rings (SSSR count). The van der Waals surface area contributed by atoms with Gasteiger partial charge in [-0.1, -0.05) is 17.7 Å². The van der Waals surface area contributed by atoms with Crippen LogP contribution in [-0.2, 0) is 4.79 Å². The summed E-state index contributed by atoms with van der Waals surface area (Å²) in [6, 6.07) is 7.61. The SMILES string of the molecule is O=C1CCN(c2cccc(Cl)c2)C1. The van der Waals surface area contributed by atoms with Gasteiger partial charge in [0.15, 0.2) is 5.78 Å². The van der Waals surface area contributed by atoms with Crippen LogP contribution < -0.4 is 4.90 Å². The first-order valence-electron chi connectivity index (χ1n) is 4.28. The minimum Gasteiger partial charge on any atom is -0.364 e. The molecule has 0 spiro atoms. The summed E-state index contributed by atoms with van der Waals surface area (Å²) in [6.45, 7) is 1.35. The Balaban J connectivity index is 2.21. The number of carbonyl (C=O) groups is 1. The normalized spacial score (nSPS) is 16.7. The van der Waals surface area contributed by atoms with Crippen molar-refractivity contribution in [1.29, 1.82) is 0 Å². The Hall–Kier alpha value is -1.02.